The van der Waals surface area contributed by atoms with Gasteiger partial charge >= 0.3 is 0 Å². The molecule has 1 spiro atoms. The van der Waals surface area contributed by atoms with Gasteiger partial charge in [-0.3, -0.25) is 4.98 Å². The zero-order chi connectivity index (χ0) is 41.9. The predicted octanol–water partition coefficient (Wildman–Crippen LogP) is 15.0. The normalized spacial score (nSPS) is 12.9. The van der Waals surface area contributed by atoms with E-state index in [4.69, 9.17) is 9.97 Å². The third-order valence-corrected chi connectivity index (χ3v) is 14.0. The Morgan fingerprint density at radius 2 is 0.905 bits per heavy atom. The molecule has 0 unspecified atom stereocenters. The molecule has 1 aliphatic heterocycles. The van der Waals surface area contributed by atoms with Gasteiger partial charge in [0.2, 0.25) is 0 Å². The average Bonchev–Trinajstić information content (AvgIpc) is 3.64. The maximum absolute atomic E-state index is 5.43. The second-order valence-corrected chi connectivity index (χ2v) is 17.5. The van der Waals surface area contributed by atoms with Crippen LogP contribution in [0.25, 0.3) is 78.4 Å². The fourth-order valence-corrected chi connectivity index (χ4v) is 11.1. The van der Waals surface area contributed by atoms with Gasteiger partial charge in [0.05, 0.1) is 16.8 Å². The number of rotatable bonds is 6. The molecule has 10 aromatic rings. The van der Waals surface area contributed by atoms with Crippen molar-refractivity contribution in [2.75, 3.05) is 0 Å². The molecule has 4 heteroatoms. The molecule has 1 aliphatic carbocycles. The Morgan fingerprint density at radius 1 is 0.365 bits per heavy atom. The van der Waals surface area contributed by atoms with Gasteiger partial charge in [0.1, 0.15) is 0 Å². The summed E-state index contributed by atoms with van der Waals surface area (Å²) in [6.07, 6.45) is 3.82. The smallest absolute Gasteiger partial charge is 0.161 e. The van der Waals surface area contributed by atoms with Crippen LogP contribution in [0.3, 0.4) is 0 Å². The van der Waals surface area contributed by atoms with E-state index in [2.05, 4.69) is 218 Å². The molecule has 12 rings (SSSR count). The highest BCUT2D eigenvalue weighted by molar-refractivity contribution is 7.99. The van der Waals surface area contributed by atoms with Crippen LogP contribution < -0.4 is 0 Å². The zero-order valence-electron chi connectivity index (χ0n) is 34.5. The van der Waals surface area contributed by atoms with Crippen LogP contribution in [-0.2, 0) is 5.41 Å². The first kappa shape index (κ1) is 37.1. The molecule has 2 aliphatic rings. The fourth-order valence-electron chi connectivity index (χ4n) is 9.93. The van der Waals surface area contributed by atoms with Crippen LogP contribution >= 0.6 is 11.8 Å². The van der Waals surface area contributed by atoms with E-state index in [1.165, 1.54) is 65.4 Å². The monoisotopic (exact) mass is 821 g/mol. The highest BCUT2D eigenvalue weighted by Gasteiger charge is 2.50. The molecule has 0 fully saturated rings. The van der Waals surface area contributed by atoms with Crippen LogP contribution in [0.5, 0.6) is 0 Å². The summed E-state index contributed by atoms with van der Waals surface area (Å²) in [4.78, 5) is 17.6. The molecule has 296 valence electrons. The number of nitrogens with zero attached hydrogens (tertiary/aromatic N) is 3. The minimum Gasteiger partial charge on any atom is -0.264 e. The summed E-state index contributed by atoms with van der Waals surface area (Å²) in [6.45, 7) is 2.13. The molecule has 2 aromatic heterocycles. The lowest BCUT2D eigenvalue weighted by Crippen LogP contribution is -2.31. The average molecular weight is 822 g/mol. The molecule has 3 nitrogen and oxygen atoms in total. The number of pyridine rings is 1. The van der Waals surface area contributed by atoms with Crippen molar-refractivity contribution >= 4 is 11.8 Å². The van der Waals surface area contributed by atoms with Crippen LogP contribution in [0.15, 0.2) is 228 Å². The Kier molecular flexibility index (Phi) is 8.87. The summed E-state index contributed by atoms with van der Waals surface area (Å²) in [5.74, 6) is 0.696. The maximum Gasteiger partial charge on any atom is 0.161 e. The minimum atomic E-state index is -0.503. The summed E-state index contributed by atoms with van der Waals surface area (Å²) in [7, 11) is 0. The number of aromatic nitrogens is 3. The number of hydrogen-bond acceptors (Lipinski definition) is 4. The van der Waals surface area contributed by atoms with Gasteiger partial charge in [-0.15, -0.1) is 0 Å². The fraction of sp³-hybridized carbons (Fsp3) is 0.0339. The summed E-state index contributed by atoms with van der Waals surface area (Å²) in [6, 6.07) is 74.8. The van der Waals surface area contributed by atoms with Crippen molar-refractivity contribution in [1.29, 1.82) is 0 Å². The lowest BCUT2D eigenvalue weighted by atomic mass is 9.67. The Morgan fingerprint density at radius 3 is 1.60 bits per heavy atom. The van der Waals surface area contributed by atoms with Gasteiger partial charge in [-0.05, 0) is 122 Å². The van der Waals surface area contributed by atoms with E-state index in [9.17, 15) is 0 Å². The molecule has 0 amide bonds. The molecule has 0 saturated carbocycles. The van der Waals surface area contributed by atoms with E-state index in [0.717, 1.165) is 44.8 Å². The van der Waals surface area contributed by atoms with Gasteiger partial charge in [-0.25, -0.2) is 9.97 Å². The summed E-state index contributed by atoms with van der Waals surface area (Å²) < 4.78 is 0. The van der Waals surface area contributed by atoms with Crippen LogP contribution in [0.2, 0.25) is 0 Å². The van der Waals surface area contributed by atoms with E-state index in [0.29, 0.717) is 5.82 Å². The second-order valence-electron chi connectivity index (χ2n) is 16.4. The second kappa shape index (κ2) is 15.1. The number of hydrogen-bond donors (Lipinski definition) is 0. The van der Waals surface area contributed by atoms with Crippen molar-refractivity contribution in [3.8, 4) is 78.4 Å². The van der Waals surface area contributed by atoms with Crippen molar-refractivity contribution in [3.63, 3.8) is 0 Å². The Labute approximate surface area is 371 Å². The topological polar surface area (TPSA) is 38.7 Å². The molecule has 0 N–H and O–H groups in total. The van der Waals surface area contributed by atoms with E-state index < -0.39 is 5.41 Å². The molecule has 3 heterocycles. The van der Waals surface area contributed by atoms with Crippen molar-refractivity contribution in [3.05, 3.63) is 246 Å². The maximum atomic E-state index is 5.43. The van der Waals surface area contributed by atoms with E-state index in [-0.39, 0.29) is 0 Å². The minimum absolute atomic E-state index is 0.503. The van der Waals surface area contributed by atoms with Crippen molar-refractivity contribution < 1.29 is 0 Å². The van der Waals surface area contributed by atoms with Crippen molar-refractivity contribution in [2.24, 2.45) is 0 Å². The van der Waals surface area contributed by atoms with Crippen molar-refractivity contribution in [1.82, 2.24) is 15.0 Å². The third kappa shape index (κ3) is 6.09. The highest BCUT2D eigenvalue weighted by atomic mass is 32.2. The molecule has 63 heavy (non-hydrogen) atoms. The van der Waals surface area contributed by atoms with Gasteiger partial charge in [0.25, 0.3) is 0 Å². The zero-order valence-corrected chi connectivity index (χ0v) is 35.4. The highest BCUT2D eigenvalue weighted by Crippen LogP contribution is 2.62. The molecule has 0 atom stereocenters. The molecule has 0 radical (unpaired) electrons. The van der Waals surface area contributed by atoms with Gasteiger partial charge in [0, 0.05) is 38.9 Å². The van der Waals surface area contributed by atoms with E-state index in [1.54, 1.807) is 0 Å². The quantitative estimate of drug-likeness (QED) is 0.167. The van der Waals surface area contributed by atoms with Crippen LogP contribution in [0.4, 0.5) is 0 Å². The van der Waals surface area contributed by atoms with Crippen LogP contribution in [0.1, 0.15) is 27.8 Å². The molecule has 0 bridgehead atoms. The van der Waals surface area contributed by atoms with Gasteiger partial charge in [-0.2, -0.15) is 0 Å². The third-order valence-electron chi connectivity index (χ3n) is 12.8. The lowest BCUT2D eigenvalue weighted by Gasteiger charge is -2.39. The predicted molar refractivity (Wildman–Crippen MR) is 259 cm³/mol. The molecule has 8 aromatic carbocycles. The van der Waals surface area contributed by atoms with Crippen molar-refractivity contribution in [2.45, 2.75) is 22.1 Å². The van der Waals surface area contributed by atoms with Crippen LogP contribution in [-0.4, -0.2) is 15.0 Å². The number of aryl methyl sites for hydroxylation is 1. The van der Waals surface area contributed by atoms with E-state index in [1.807, 2.05) is 24.2 Å². The first-order valence-corrected chi connectivity index (χ1v) is 22.2. The van der Waals surface area contributed by atoms with Gasteiger partial charge < -0.3 is 0 Å². The summed E-state index contributed by atoms with van der Waals surface area (Å²) >= 11 is 1.87. The van der Waals surface area contributed by atoms with Crippen LogP contribution in [0, 0.1) is 6.92 Å². The SMILES string of the molecule is Cc1cnccc1-c1cccc(-c2ccc3c(c2)-c2cc(-c4cc(-c5ccccc5)nc(-c5ccccc5-c5ccccc5)n4)ccc2C32c3ccccc3Sc3ccccc32)c1. The summed E-state index contributed by atoms with van der Waals surface area (Å²) in [5.41, 5.74) is 20.1. The molecular weight excluding hydrogens is 783 g/mol. The largest absolute Gasteiger partial charge is 0.264 e. The number of fused-ring (bicyclic) bond motifs is 9. The van der Waals surface area contributed by atoms with E-state index >= 15 is 0 Å². The Bertz CT molecular complexity index is 3350. The Balaban J connectivity index is 1.10. The summed E-state index contributed by atoms with van der Waals surface area (Å²) in [5, 5.41) is 0. The van der Waals surface area contributed by atoms with Gasteiger partial charge in [0.15, 0.2) is 5.82 Å². The van der Waals surface area contributed by atoms with Gasteiger partial charge in [-0.1, -0.05) is 176 Å². The first-order valence-electron chi connectivity index (χ1n) is 21.4. The molecular formula is C59H39N3S. The number of benzene rings is 8. The first-order chi connectivity index (χ1) is 31.1. The Hall–Kier alpha value is -7.66. The standard InChI is InChI=1S/C59H39N3S/c1-38-37-60-32-31-45(38)43-20-14-19-41(33-43)42-27-29-50-48(34-42)49-35-44(28-30-51(49)59(50)52-23-10-12-25-56(52)63-57-26-13-11-24-53(57)59)55-36-54(40-17-6-3-7-18-40)61-58(62-55)47-22-9-8-21-46(47)39-15-4-2-5-16-39/h2-37H,1H3. The lowest BCUT2D eigenvalue weighted by molar-refractivity contribution is 0.722. The molecule has 0 saturated heterocycles.